The Hall–Kier alpha value is -3.11. The van der Waals surface area contributed by atoms with Gasteiger partial charge in [0.2, 0.25) is 15.9 Å². The van der Waals surface area contributed by atoms with Crippen molar-refractivity contribution in [1.82, 2.24) is 15.2 Å². The molecule has 0 spiro atoms. The van der Waals surface area contributed by atoms with Crippen LogP contribution in [-0.2, 0) is 21.2 Å². The molecule has 0 radical (unpaired) electrons. The van der Waals surface area contributed by atoms with E-state index in [4.69, 9.17) is 9.47 Å². The van der Waals surface area contributed by atoms with E-state index >= 15 is 0 Å². The lowest BCUT2D eigenvalue weighted by molar-refractivity contribution is -0.121. The van der Waals surface area contributed by atoms with Crippen molar-refractivity contribution >= 4 is 21.8 Å². The molecule has 0 aromatic heterocycles. The third-order valence-corrected chi connectivity index (χ3v) is 6.11. The number of ether oxygens (including phenoxy) is 2. The summed E-state index contributed by atoms with van der Waals surface area (Å²) < 4.78 is 35.9. The fraction of sp³-hybridized carbons (Fsp3) is 0.300. The average Bonchev–Trinajstić information content (AvgIpc) is 2.75. The normalized spacial score (nSPS) is 11.1. The van der Waals surface area contributed by atoms with Gasteiger partial charge in [-0.3, -0.25) is 20.4 Å². The molecule has 2 N–H and O–H groups in total. The van der Waals surface area contributed by atoms with Gasteiger partial charge in [-0.25, -0.2) is 12.7 Å². The van der Waals surface area contributed by atoms with Gasteiger partial charge in [0.1, 0.15) is 11.5 Å². The van der Waals surface area contributed by atoms with Crippen LogP contribution in [0.5, 0.6) is 11.5 Å². The predicted octanol–water partition coefficient (Wildman–Crippen LogP) is 1.35. The minimum absolute atomic E-state index is 0.0170. The molecule has 0 aliphatic carbocycles. The summed E-state index contributed by atoms with van der Waals surface area (Å²) in [7, 11) is 2.22. The van der Waals surface area contributed by atoms with E-state index in [1.165, 1.54) is 45.5 Å². The van der Waals surface area contributed by atoms with Gasteiger partial charge in [0.25, 0.3) is 5.91 Å². The number of hydrogen-bond donors (Lipinski definition) is 2. The van der Waals surface area contributed by atoms with Gasteiger partial charge in [0.15, 0.2) is 0 Å². The van der Waals surface area contributed by atoms with Gasteiger partial charge in [-0.15, -0.1) is 0 Å². The first kappa shape index (κ1) is 23.2. The van der Waals surface area contributed by atoms with Crippen LogP contribution in [0.2, 0.25) is 0 Å². The topological polar surface area (TPSA) is 114 Å². The number of benzene rings is 2. The lowest BCUT2D eigenvalue weighted by atomic mass is 10.1. The minimum Gasteiger partial charge on any atom is -0.497 e. The third kappa shape index (κ3) is 5.71. The van der Waals surface area contributed by atoms with Gasteiger partial charge in [0, 0.05) is 26.1 Å². The molecule has 0 bridgehead atoms. The maximum Gasteiger partial charge on any atom is 0.269 e. The van der Waals surface area contributed by atoms with Gasteiger partial charge in [-0.1, -0.05) is 6.07 Å². The van der Waals surface area contributed by atoms with Crippen molar-refractivity contribution in [1.29, 1.82) is 0 Å². The Morgan fingerprint density at radius 1 is 1.00 bits per heavy atom. The summed E-state index contributed by atoms with van der Waals surface area (Å²) in [5.41, 5.74) is 5.51. The Morgan fingerprint density at radius 2 is 1.73 bits per heavy atom. The molecule has 30 heavy (non-hydrogen) atoms. The zero-order chi connectivity index (χ0) is 22.3. The van der Waals surface area contributed by atoms with Crippen molar-refractivity contribution in [2.45, 2.75) is 17.7 Å². The Labute approximate surface area is 176 Å². The van der Waals surface area contributed by atoms with Crippen molar-refractivity contribution in [3.63, 3.8) is 0 Å². The molecule has 162 valence electrons. The summed E-state index contributed by atoms with van der Waals surface area (Å²) in [6.07, 6.45) is 0.470. The van der Waals surface area contributed by atoms with Crippen LogP contribution in [0.15, 0.2) is 47.4 Å². The molecule has 0 saturated heterocycles. The van der Waals surface area contributed by atoms with E-state index in [0.29, 0.717) is 17.9 Å². The molecular weight excluding hydrogens is 410 g/mol. The second-order valence-corrected chi connectivity index (χ2v) is 8.65. The van der Waals surface area contributed by atoms with E-state index < -0.39 is 21.8 Å². The maximum atomic E-state index is 12.3. The second-order valence-electron chi connectivity index (χ2n) is 6.50. The first-order valence-corrected chi connectivity index (χ1v) is 10.5. The van der Waals surface area contributed by atoms with Crippen LogP contribution in [0.25, 0.3) is 0 Å². The lowest BCUT2D eigenvalue weighted by Gasteiger charge is -2.13. The van der Waals surface area contributed by atoms with Crippen LogP contribution in [-0.4, -0.2) is 52.9 Å². The smallest absolute Gasteiger partial charge is 0.269 e. The number of amides is 2. The van der Waals surface area contributed by atoms with Gasteiger partial charge in [-0.05, 0) is 48.4 Å². The predicted molar refractivity (Wildman–Crippen MR) is 111 cm³/mol. The third-order valence-electron chi connectivity index (χ3n) is 4.30. The Morgan fingerprint density at radius 3 is 2.37 bits per heavy atom. The van der Waals surface area contributed by atoms with E-state index in [1.54, 1.807) is 25.3 Å². The SMILES string of the molecule is COc1ccc(OC)c(CCC(=O)NNC(=O)c2cccc(S(=O)(=O)N(C)C)c2)c1. The van der Waals surface area contributed by atoms with Crippen LogP contribution in [0.4, 0.5) is 0 Å². The van der Waals surface area contributed by atoms with E-state index in [-0.39, 0.29) is 16.9 Å². The molecule has 0 aliphatic heterocycles. The van der Waals surface area contributed by atoms with Crippen LogP contribution in [0, 0.1) is 0 Å². The molecule has 0 heterocycles. The highest BCUT2D eigenvalue weighted by molar-refractivity contribution is 7.89. The number of carbonyl (C=O) groups excluding carboxylic acids is 2. The fourth-order valence-corrected chi connectivity index (χ4v) is 3.54. The first-order valence-electron chi connectivity index (χ1n) is 9.01. The highest BCUT2D eigenvalue weighted by Gasteiger charge is 2.19. The van der Waals surface area contributed by atoms with Crippen molar-refractivity contribution in [3.8, 4) is 11.5 Å². The van der Waals surface area contributed by atoms with Crippen molar-refractivity contribution in [2.24, 2.45) is 0 Å². The number of rotatable bonds is 8. The van der Waals surface area contributed by atoms with Gasteiger partial charge in [0.05, 0.1) is 19.1 Å². The Bertz CT molecular complexity index is 1020. The number of hydrazine groups is 1. The monoisotopic (exact) mass is 435 g/mol. The standard InChI is InChI=1S/C20H25N3O6S/c1-23(2)30(26,27)17-7-5-6-15(13-17)20(25)22-21-19(24)11-8-14-12-16(28-3)9-10-18(14)29-4/h5-7,9-10,12-13H,8,11H2,1-4H3,(H,21,24)(H,22,25). The molecule has 9 nitrogen and oxygen atoms in total. The number of sulfonamides is 1. The summed E-state index contributed by atoms with van der Waals surface area (Å²) in [4.78, 5) is 24.4. The van der Waals surface area contributed by atoms with Crippen LogP contribution in [0.1, 0.15) is 22.3 Å². The molecule has 0 saturated carbocycles. The molecule has 2 amide bonds. The molecular formula is C20H25N3O6S. The number of nitrogens with zero attached hydrogens (tertiary/aromatic N) is 1. The molecule has 2 aromatic rings. The zero-order valence-corrected chi connectivity index (χ0v) is 18.1. The first-order chi connectivity index (χ1) is 14.2. The van der Waals surface area contributed by atoms with Crippen LogP contribution >= 0.6 is 0 Å². The van der Waals surface area contributed by atoms with Gasteiger partial charge >= 0.3 is 0 Å². The summed E-state index contributed by atoms with van der Waals surface area (Å²) >= 11 is 0. The molecule has 2 aromatic carbocycles. The highest BCUT2D eigenvalue weighted by atomic mass is 32.2. The van der Waals surface area contributed by atoms with E-state index in [0.717, 1.165) is 9.87 Å². The van der Waals surface area contributed by atoms with Gasteiger partial charge in [-0.2, -0.15) is 0 Å². The number of nitrogens with one attached hydrogen (secondary N) is 2. The largest absolute Gasteiger partial charge is 0.497 e. The van der Waals surface area contributed by atoms with E-state index in [9.17, 15) is 18.0 Å². The summed E-state index contributed by atoms with van der Waals surface area (Å²) in [5.74, 6) is 0.238. The Kier molecular flexibility index (Phi) is 7.79. The number of methoxy groups -OCH3 is 2. The maximum absolute atomic E-state index is 12.3. The van der Waals surface area contributed by atoms with Crippen LogP contribution < -0.4 is 20.3 Å². The van der Waals surface area contributed by atoms with Crippen molar-refractivity contribution in [3.05, 3.63) is 53.6 Å². The second kappa shape index (κ2) is 10.1. The number of aryl methyl sites for hydroxylation is 1. The number of carbonyl (C=O) groups is 2. The summed E-state index contributed by atoms with van der Waals surface area (Å²) in [5, 5.41) is 0. The van der Waals surface area contributed by atoms with E-state index in [2.05, 4.69) is 10.9 Å². The molecule has 0 atom stereocenters. The lowest BCUT2D eigenvalue weighted by Crippen LogP contribution is -2.41. The molecule has 10 heteroatoms. The highest BCUT2D eigenvalue weighted by Crippen LogP contribution is 2.25. The molecule has 2 rings (SSSR count). The van der Waals surface area contributed by atoms with Crippen molar-refractivity contribution in [2.75, 3.05) is 28.3 Å². The summed E-state index contributed by atoms with van der Waals surface area (Å²) in [6, 6.07) is 10.8. The van der Waals surface area contributed by atoms with Crippen LogP contribution in [0.3, 0.4) is 0 Å². The van der Waals surface area contributed by atoms with E-state index in [1.807, 2.05) is 0 Å². The summed E-state index contributed by atoms with van der Waals surface area (Å²) in [6.45, 7) is 0. The fourth-order valence-electron chi connectivity index (χ4n) is 2.60. The molecule has 0 aliphatic rings. The minimum atomic E-state index is -3.67. The zero-order valence-electron chi connectivity index (χ0n) is 17.3. The quantitative estimate of drug-likeness (QED) is 0.605. The number of hydrogen-bond acceptors (Lipinski definition) is 6. The Balaban J connectivity index is 1.97. The average molecular weight is 436 g/mol. The molecule has 0 unspecified atom stereocenters. The van der Waals surface area contributed by atoms with Crippen molar-refractivity contribution < 1.29 is 27.5 Å². The van der Waals surface area contributed by atoms with Gasteiger partial charge < -0.3 is 9.47 Å². The molecule has 0 fully saturated rings.